The van der Waals surface area contributed by atoms with E-state index in [1.165, 1.54) is 11.6 Å². The molecule has 3 aromatic rings. The first-order valence-corrected chi connectivity index (χ1v) is 9.88. The second kappa shape index (κ2) is 8.57. The molecule has 0 spiro atoms. The largest absolute Gasteiger partial charge is 0.497 e. The summed E-state index contributed by atoms with van der Waals surface area (Å²) >= 11 is 0. The van der Waals surface area contributed by atoms with Gasteiger partial charge in [0.25, 0.3) is 0 Å². The van der Waals surface area contributed by atoms with Gasteiger partial charge in [-0.2, -0.15) is 0 Å². The Morgan fingerprint density at radius 1 is 1.00 bits per heavy atom. The molecule has 0 atom stereocenters. The zero-order valence-electron chi connectivity index (χ0n) is 16.8. The number of nitrogens with one attached hydrogen (secondary N) is 1. The maximum atomic E-state index is 11.9. The Balaban J connectivity index is 1.41. The molecule has 0 aliphatic carbocycles. The van der Waals surface area contributed by atoms with Crippen molar-refractivity contribution in [3.05, 3.63) is 64.5 Å². The zero-order chi connectivity index (χ0) is 20.2. The number of nitrogens with zero attached hydrogens (tertiary/aromatic N) is 1. The Kier molecular flexibility index (Phi) is 5.71. The highest BCUT2D eigenvalue weighted by atomic mass is 16.5. The summed E-state index contributed by atoms with van der Waals surface area (Å²) in [5, 5.41) is 4.42. The normalized spacial score (nSPS) is 15.4. The van der Waals surface area contributed by atoms with E-state index in [1.807, 2.05) is 18.2 Å². The number of benzene rings is 2. The minimum absolute atomic E-state index is 0.318. The number of hydrogen-bond acceptors (Lipinski definition) is 6. The average molecular weight is 394 g/mol. The lowest BCUT2D eigenvalue weighted by Crippen LogP contribution is -2.38. The first-order chi connectivity index (χ1) is 14.1. The standard InChI is InChI=1S/C23H26N2O4/c1-27-18-5-3-16(4-6-18)15-25-11-9-17(10-12-25)24-21-14-23(26)29-22-8-7-19(28-2)13-20(21)22/h3-8,13-14,17,24H,9-12,15H2,1-2H3. The fourth-order valence-corrected chi connectivity index (χ4v) is 3.83. The fraction of sp³-hybridized carbons (Fsp3) is 0.348. The SMILES string of the molecule is COc1ccc(CN2CCC(Nc3cc(=O)oc4ccc(OC)cc34)CC2)cc1. The zero-order valence-corrected chi connectivity index (χ0v) is 16.8. The summed E-state index contributed by atoms with van der Waals surface area (Å²) in [4.78, 5) is 14.4. The van der Waals surface area contributed by atoms with Crippen molar-refractivity contribution in [2.24, 2.45) is 0 Å². The summed E-state index contributed by atoms with van der Waals surface area (Å²) in [5.74, 6) is 1.62. The molecule has 0 amide bonds. The van der Waals surface area contributed by atoms with E-state index >= 15 is 0 Å². The van der Waals surface area contributed by atoms with Crippen molar-refractivity contribution in [3.63, 3.8) is 0 Å². The van der Waals surface area contributed by atoms with Gasteiger partial charge >= 0.3 is 5.63 Å². The quantitative estimate of drug-likeness (QED) is 0.640. The molecule has 1 aliphatic heterocycles. The molecule has 0 saturated carbocycles. The number of ether oxygens (including phenoxy) is 2. The van der Waals surface area contributed by atoms with Gasteiger partial charge in [0.1, 0.15) is 17.1 Å². The Morgan fingerprint density at radius 2 is 1.69 bits per heavy atom. The maximum Gasteiger partial charge on any atom is 0.338 e. The predicted octanol–water partition coefficient (Wildman–Crippen LogP) is 3.89. The van der Waals surface area contributed by atoms with Crippen molar-refractivity contribution in [1.29, 1.82) is 0 Å². The van der Waals surface area contributed by atoms with Crippen molar-refractivity contribution in [1.82, 2.24) is 4.90 Å². The minimum atomic E-state index is -0.345. The molecule has 2 aromatic carbocycles. The van der Waals surface area contributed by atoms with Crippen LogP contribution in [0, 0.1) is 0 Å². The third-order valence-corrected chi connectivity index (χ3v) is 5.46. The molecule has 1 aromatic heterocycles. The Morgan fingerprint density at radius 3 is 2.38 bits per heavy atom. The molecule has 1 saturated heterocycles. The lowest BCUT2D eigenvalue weighted by atomic mass is 10.0. The van der Waals surface area contributed by atoms with Gasteiger partial charge in [-0.1, -0.05) is 12.1 Å². The molecule has 4 rings (SSSR count). The van der Waals surface area contributed by atoms with Crippen LogP contribution in [0.1, 0.15) is 18.4 Å². The van der Waals surface area contributed by atoms with Crippen molar-refractivity contribution in [2.75, 3.05) is 32.6 Å². The fourth-order valence-electron chi connectivity index (χ4n) is 3.83. The monoisotopic (exact) mass is 394 g/mol. The highest BCUT2D eigenvalue weighted by molar-refractivity contribution is 5.90. The van der Waals surface area contributed by atoms with E-state index in [-0.39, 0.29) is 5.63 Å². The van der Waals surface area contributed by atoms with Gasteiger partial charge in [0.05, 0.1) is 19.9 Å². The molecule has 6 nitrogen and oxygen atoms in total. The molecule has 0 unspecified atom stereocenters. The molecule has 1 aliphatic rings. The number of rotatable bonds is 6. The lowest BCUT2D eigenvalue weighted by Gasteiger charge is -2.33. The summed E-state index contributed by atoms with van der Waals surface area (Å²) in [6.07, 6.45) is 2.03. The van der Waals surface area contributed by atoms with Gasteiger partial charge in [-0.05, 0) is 48.7 Å². The molecule has 152 valence electrons. The van der Waals surface area contributed by atoms with Crippen LogP contribution in [0.15, 0.2) is 57.7 Å². The highest BCUT2D eigenvalue weighted by Crippen LogP contribution is 2.28. The number of fused-ring (bicyclic) bond motifs is 1. The first kappa shape index (κ1) is 19.3. The van der Waals surface area contributed by atoms with Crippen LogP contribution in [-0.4, -0.2) is 38.3 Å². The topological polar surface area (TPSA) is 63.9 Å². The second-order valence-electron chi connectivity index (χ2n) is 7.38. The lowest BCUT2D eigenvalue weighted by molar-refractivity contribution is 0.211. The summed E-state index contributed by atoms with van der Waals surface area (Å²) in [6.45, 7) is 2.95. The number of likely N-dealkylation sites (tertiary alicyclic amines) is 1. The van der Waals surface area contributed by atoms with E-state index in [0.29, 0.717) is 11.6 Å². The molecule has 6 heteroatoms. The van der Waals surface area contributed by atoms with Crippen LogP contribution < -0.4 is 20.4 Å². The van der Waals surface area contributed by atoms with E-state index in [2.05, 4.69) is 22.3 Å². The Bertz CT molecular complexity index is 1020. The van der Waals surface area contributed by atoms with E-state index in [4.69, 9.17) is 13.9 Å². The third-order valence-electron chi connectivity index (χ3n) is 5.46. The predicted molar refractivity (Wildman–Crippen MR) is 114 cm³/mol. The van der Waals surface area contributed by atoms with Gasteiger partial charge in [-0.25, -0.2) is 4.79 Å². The van der Waals surface area contributed by atoms with Crippen molar-refractivity contribution >= 4 is 16.7 Å². The summed E-state index contributed by atoms with van der Waals surface area (Å²) in [6, 6.07) is 15.6. The second-order valence-corrected chi connectivity index (χ2v) is 7.38. The van der Waals surface area contributed by atoms with Crippen molar-refractivity contribution in [2.45, 2.75) is 25.4 Å². The van der Waals surface area contributed by atoms with Crippen LogP contribution >= 0.6 is 0 Å². The van der Waals surface area contributed by atoms with Gasteiger partial charge in [-0.15, -0.1) is 0 Å². The number of hydrogen-bond donors (Lipinski definition) is 1. The molecule has 1 N–H and O–H groups in total. The maximum absolute atomic E-state index is 11.9. The summed E-state index contributed by atoms with van der Waals surface area (Å²) in [5.41, 5.74) is 2.32. The summed E-state index contributed by atoms with van der Waals surface area (Å²) < 4.78 is 15.9. The molecule has 0 radical (unpaired) electrons. The number of piperidine rings is 1. The Hall–Kier alpha value is -2.99. The van der Waals surface area contributed by atoms with Crippen LogP contribution in [-0.2, 0) is 6.54 Å². The molecule has 2 heterocycles. The highest BCUT2D eigenvalue weighted by Gasteiger charge is 2.20. The first-order valence-electron chi connectivity index (χ1n) is 9.88. The minimum Gasteiger partial charge on any atom is -0.497 e. The smallest absolute Gasteiger partial charge is 0.338 e. The van der Waals surface area contributed by atoms with E-state index in [9.17, 15) is 4.79 Å². The summed E-state index contributed by atoms with van der Waals surface area (Å²) in [7, 11) is 3.31. The van der Waals surface area contributed by atoms with E-state index in [0.717, 1.165) is 55.0 Å². The molecule has 1 fully saturated rings. The average Bonchev–Trinajstić information content (AvgIpc) is 2.75. The van der Waals surface area contributed by atoms with Gasteiger partial charge < -0.3 is 19.2 Å². The number of anilines is 1. The molecule has 29 heavy (non-hydrogen) atoms. The molecular formula is C23H26N2O4. The van der Waals surface area contributed by atoms with Crippen LogP contribution in [0.25, 0.3) is 11.0 Å². The molecular weight excluding hydrogens is 368 g/mol. The van der Waals surface area contributed by atoms with Crippen molar-refractivity contribution in [3.8, 4) is 11.5 Å². The van der Waals surface area contributed by atoms with Crippen LogP contribution in [0.2, 0.25) is 0 Å². The van der Waals surface area contributed by atoms with Crippen LogP contribution in [0.5, 0.6) is 11.5 Å². The van der Waals surface area contributed by atoms with E-state index < -0.39 is 0 Å². The van der Waals surface area contributed by atoms with Gasteiger partial charge in [0, 0.05) is 37.1 Å². The van der Waals surface area contributed by atoms with E-state index in [1.54, 1.807) is 26.4 Å². The van der Waals surface area contributed by atoms with Crippen LogP contribution in [0.4, 0.5) is 5.69 Å². The van der Waals surface area contributed by atoms with Crippen LogP contribution in [0.3, 0.4) is 0 Å². The number of methoxy groups -OCH3 is 2. The van der Waals surface area contributed by atoms with Gasteiger partial charge in [-0.3, -0.25) is 4.90 Å². The van der Waals surface area contributed by atoms with Gasteiger partial charge in [0.15, 0.2) is 0 Å². The third kappa shape index (κ3) is 4.54. The van der Waals surface area contributed by atoms with Gasteiger partial charge in [0.2, 0.25) is 0 Å². The van der Waals surface area contributed by atoms with Crippen molar-refractivity contribution < 1.29 is 13.9 Å². The molecule has 0 bridgehead atoms. The Labute approximate surface area is 170 Å².